The van der Waals surface area contributed by atoms with Gasteiger partial charge >= 0.3 is 0 Å². The molecular weight excluding hydrogens is 316 g/mol. The first-order chi connectivity index (χ1) is 12.2. The third kappa shape index (κ3) is 5.08. The van der Waals surface area contributed by atoms with E-state index in [-0.39, 0.29) is 11.8 Å². The van der Waals surface area contributed by atoms with E-state index in [9.17, 15) is 9.59 Å². The summed E-state index contributed by atoms with van der Waals surface area (Å²) in [7, 11) is 0. The Kier molecular flexibility index (Phi) is 5.67. The SMILES string of the molecule is O=C(CCc1ccccc1)NCCc1ccc2c(c1)NC(=O)CCO2. The van der Waals surface area contributed by atoms with Crippen molar-refractivity contribution in [2.75, 3.05) is 18.5 Å². The summed E-state index contributed by atoms with van der Waals surface area (Å²) < 4.78 is 5.54. The quantitative estimate of drug-likeness (QED) is 0.851. The van der Waals surface area contributed by atoms with Crippen molar-refractivity contribution < 1.29 is 14.3 Å². The van der Waals surface area contributed by atoms with Crippen LogP contribution in [0.5, 0.6) is 5.75 Å². The lowest BCUT2D eigenvalue weighted by molar-refractivity contribution is -0.121. The minimum absolute atomic E-state index is 0.0369. The molecule has 5 heteroatoms. The van der Waals surface area contributed by atoms with Crippen molar-refractivity contribution in [3.63, 3.8) is 0 Å². The first-order valence-electron chi connectivity index (χ1n) is 8.57. The van der Waals surface area contributed by atoms with Crippen LogP contribution in [-0.4, -0.2) is 25.0 Å². The van der Waals surface area contributed by atoms with E-state index in [2.05, 4.69) is 10.6 Å². The van der Waals surface area contributed by atoms with Crippen molar-refractivity contribution in [2.24, 2.45) is 0 Å². The van der Waals surface area contributed by atoms with Gasteiger partial charge in [-0.15, -0.1) is 0 Å². The van der Waals surface area contributed by atoms with E-state index in [0.29, 0.717) is 43.9 Å². The van der Waals surface area contributed by atoms with Crippen molar-refractivity contribution >= 4 is 17.5 Å². The third-order valence-corrected chi connectivity index (χ3v) is 4.12. The summed E-state index contributed by atoms with van der Waals surface area (Å²) in [6.07, 6.45) is 2.30. The molecule has 0 unspecified atom stereocenters. The van der Waals surface area contributed by atoms with Crippen molar-refractivity contribution in [1.29, 1.82) is 0 Å². The van der Waals surface area contributed by atoms with Crippen LogP contribution in [-0.2, 0) is 22.4 Å². The molecule has 3 rings (SSSR count). The highest BCUT2D eigenvalue weighted by molar-refractivity contribution is 5.93. The topological polar surface area (TPSA) is 67.4 Å². The molecule has 0 saturated heterocycles. The molecule has 2 aromatic rings. The number of rotatable bonds is 6. The van der Waals surface area contributed by atoms with Crippen LogP contribution in [0.2, 0.25) is 0 Å². The zero-order valence-electron chi connectivity index (χ0n) is 14.1. The average molecular weight is 338 g/mol. The van der Waals surface area contributed by atoms with Crippen molar-refractivity contribution in [3.8, 4) is 5.75 Å². The Balaban J connectivity index is 1.45. The van der Waals surface area contributed by atoms with E-state index in [1.54, 1.807) is 0 Å². The number of amides is 2. The predicted molar refractivity (Wildman–Crippen MR) is 96.7 cm³/mol. The van der Waals surface area contributed by atoms with Gasteiger partial charge in [-0.3, -0.25) is 9.59 Å². The number of carbonyl (C=O) groups is 2. The Hall–Kier alpha value is -2.82. The molecule has 0 atom stereocenters. The molecule has 0 aromatic heterocycles. The number of aryl methyl sites for hydroxylation is 1. The Morgan fingerprint density at radius 3 is 2.76 bits per heavy atom. The fraction of sp³-hybridized carbons (Fsp3) is 0.300. The molecule has 0 bridgehead atoms. The van der Waals surface area contributed by atoms with Gasteiger partial charge < -0.3 is 15.4 Å². The largest absolute Gasteiger partial charge is 0.491 e. The molecule has 0 radical (unpaired) electrons. The number of hydrogen-bond acceptors (Lipinski definition) is 3. The monoisotopic (exact) mass is 338 g/mol. The smallest absolute Gasteiger partial charge is 0.227 e. The molecule has 0 fully saturated rings. The summed E-state index contributed by atoms with van der Waals surface area (Å²) >= 11 is 0. The normalized spacial score (nSPS) is 13.2. The van der Waals surface area contributed by atoms with Gasteiger partial charge in [0.05, 0.1) is 18.7 Å². The number of benzene rings is 2. The molecule has 0 saturated carbocycles. The Bertz CT molecular complexity index is 744. The van der Waals surface area contributed by atoms with E-state index in [1.165, 1.54) is 5.56 Å². The van der Waals surface area contributed by atoms with Gasteiger partial charge in [-0.1, -0.05) is 36.4 Å². The predicted octanol–water partition coefficient (Wildman–Crippen LogP) is 2.70. The fourth-order valence-electron chi connectivity index (χ4n) is 2.76. The minimum atomic E-state index is -0.0369. The van der Waals surface area contributed by atoms with Crippen LogP contribution < -0.4 is 15.4 Å². The van der Waals surface area contributed by atoms with Crippen molar-refractivity contribution in [2.45, 2.75) is 25.7 Å². The lowest BCUT2D eigenvalue weighted by Crippen LogP contribution is -2.25. The minimum Gasteiger partial charge on any atom is -0.491 e. The number of hydrogen-bond donors (Lipinski definition) is 2. The van der Waals surface area contributed by atoms with Crippen LogP contribution in [0.1, 0.15) is 24.0 Å². The first-order valence-corrected chi connectivity index (χ1v) is 8.57. The van der Waals surface area contributed by atoms with Crippen LogP contribution >= 0.6 is 0 Å². The molecule has 0 spiro atoms. The molecule has 2 aromatic carbocycles. The van der Waals surface area contributed by atoms with E-state index in [0.717, 1.165) is 12.0 Å². The van der Waals surface area contributed by atoms with Gasteiger partial charge in [0.25, 0.3) is 0 Å². The van der Waals surface area contributed by atoms with Crippen LogP contribution in [0, 0.1) is 0 Å². The number of fused-ring (bicyclic) bond motifs is 1. The van der Waals surface area contributed by atoms with Crippen molar-refractivity contribution in [3.05, 3.63) is 59.7 Å². The first kappa shape index (κ1) is 17.0. The number of nitrogens with one attached hydrogen (secondary N) is 2. The Morgan fingerprint density at radius 1 is 1.08 bits per heavy atom. The highest BCUT2D eigenvalue weighted by Crippen LogP contribution is 2.28. The standard InChI is InChI=1S/C20H22N2O3/c23-19(9-7-15-4-2-1-3-5-15)21-12-10-16-6-8-18-17(14-16)22-20(24)11-13-25-18/h1-6,8,14H,7,9-13H2,(H,21,23)(H,22,24). The van der Waals surface area contributed by atoms with Gasteiger partial charge in [-0.05, 0) is 36.1 Å². The summed E-state index contributed by atoms with van der Waals surface area (Å²) in [5.74, 6) is 0.710. The highest BCUT2D eigenvalue weighted by atomic mass is 16.5. The summed E-state index contributed by atoms with van der Waals surface area (Å²) in [6, 6.07) is 15.7. The van der Waals surface area contributed by atoms with E-state index < -0.39 is 0 Å². The van der Waals surface area contributed by atoms with Gasteiger partial charge in [0, 0.05) is 13.0 Å². The second-order valence-corrected chi connectivity index (χ2v) is 6.06. The van der Waals surface area contributed by atoms with Gasteiger partial charge in [-0.25, -0.2) is 0 Å². The zero-order chi connectivity index (χ0) is 17.5. The molecule has 1 heterocycles. The molecule has 130 valence electrons. The second kappa shape index (κ2) is 8.33. The molecule has 2 amide bonds. The number of ether oxygens (including phenoxy) is 1. The lowest BCUT2D eigenvalue weighted by atomic mass is 10.1. The van der Waals surface area contributed by atoms with E-state index in [4.69, 9.17) is 4.74 Å². The highest BCUT2D eigenvalue weighted by Gasteiger charge is 2.14. The summed E-state index contributed by atoms with van der Waals surface area (Å²) in [6.45, 7) is 0.969. The Labute approximate surface area is 147 Å². The maximum atomic E-state index is 11.9. The molecular formula is C20H22N2O3. The Morgan fingerprint density at radius 2 is 1.92 bits per heavy atom. The summed E-state index contributed by atoms with van der Waals surface area (Å²) in [5, 5.41) is 5.79. The molecule has 0 aliphatic carbocycles. The van der Waals surface area contributed by atoms with Gasteiger partial charge in [0.15, 0.2) is 0 Å². The van der Waals surface area contributed by atoms with Crippen molar-refractivity contribution in [1.82, 2.24) is 5.32 Å². The van der Waals surface area contributed by atoms with Gasteiger partial charge in [-0.2, -0.15) is 0 Å². The van der Waals surface area contributed by atoms with Crippen LogP contribution in [0.15, 0.2) is 48.5 Å². The van der Waals surface area contributed by atoms with Crippen LogP contribution in [0.4, 0.5) is 5.69 Å². The molecule has 1 aliphatic rings. The van der Waals surface area contributed by atoms with Gasteiger partial charge in [0.2, 0.25) is 11.8 Å². The van der Waals surface area contributed by atoms with Gasteiger partial charge in [0.1, 0.15) is 5.75 Å². The maximum absolute atomic E-state index is 11.9. The number of carbonyl (C=O) groups excluding carboxylic acids is 2. The number of anilines is 1. The molecule has 25 heavy (non-hydrogen) atoms. The zero-order valence-corrected chi connectivity index (χ0v) is 14.1. The lowest BCUT2D eigenvalue weighted by Gasteiger charge is -2.10. The maximum Gasteiger partial charge on any atom is 0.227 e. The summed E-state index contributed by atoms with van der Waals surface area (Å²) in [4.78, 5) is 23.5. The van der Waals surface area contributed by atoms with E-state index >= 15 is 0 Å². The fourth-order valence-corrected chi connectivity index (χ4v) is 2.76. The molecule has 2 N–H and O–H groups in total. The third-order valence-electron chi connectivity index (χ3n) is 4.12. The average Bonchev–Trinajstić information content (AvgIpc) is 2.81. The second-order valence-electron chi connectivity index (χ2n) is 6.06. The van der Waals surface area contributed by atoms with Crippen LogP contribution in [0.25, 0.3) is 0 Å². The molecule has 5 nitrogen and oxygen atoms in total. The van der Waals surface area contributed by atoms with E-state index in [1.807, 2.05) is 48.5 Å². The molecule has 1 aliphatic heterocycles. The summed E-state index contributed by atoms with van der Waals surface area (Å²) in [5.41, 5.74) is 2.92. The van der Waals surface area contributed by atoms with Crippen LogP contribution in [0.3, 0.4) is 0 Å².